The van der Waals surface area contributed by atoms with Gasteiger partial charge in [0.15, 0.2) is 0 Å². The SMILES string of the molecule is O=C(NCCc1ccccc1)c1ncn(C[C@H](O)c2ccccc2)n1. The van der Waals surface area contributed by atoms with E-state index in [9.17, 15) is 9.90 Å². The number of amides is 1. The lowest BCUT2D eigenvalue weighted by Gasteiger charge is -2.10. The van der Waals surface area contributed by atoms with Crippen molar-refractivity contribution in [1.82, 2.24) is 20.1 Å². The molecule has 0 aliphatic heterocycles. The fourth-order valence-corrected chi connectivity index (χ4v) is 2.49. The number of hydrogen-bond donors (Lipinski definition) is 2. The van der Waals surface area contributed by atoms with Gasteiger partial charge in [0, 0.05) is 6.54 Å². The molecular formula is C19H20N4O2. The molecule has 3 rings (SSSR count). The number of aliphatic hydroxyl groups excluding tert-OH is 1. The lowest BCUT2D eigenvalue weighted by molar-refractivity contribution is 0.0942. The Morgan fingerprint density at radius 3 is 2.48 bits per heavy atom. The minimum atomic E-state index is -0.697. The molecule has 0 aliphatic rings. The van der Waals surface area contributed by atoms with Gasteiger partial charge in [-0.05, 0) is 17.5 Å². The van der Waals surface area contributed by atoms with Gasteiger partial charge in [0.2, 0.25) is 5.82 Å². The Morgan fingerprint density at radius 2 is 1.76 bits per heavy atom. The fraction of sp³-hybridized carbons (Fsp3) is 0.211. The zero-order chi connectivity index (χ0) is 17.5. The summed E-state index contributed by atoms with van der Waals surface area (Å²) in [4.78, 5) is 16.1. The first-order valence-electron chi connectivity index (χ1n) is 8.17. The van der Waals surface area contributed by atoms with Crippen molar-refractivity contribution >= 4 is 5.91 Å². The van der Waals surface area contributed by atoms with E-state index in [1.807, 2.05) is 60.7 Å². The van der Waals surface area contributed by atoms with Crippen LogP contribution in [0, 0.1) is 0 Å². The predicted octanol–water partition coefficient (Wildman–Crippen LogP) is 1.98. The zero-order valence-electron chi connectivity index (χ0n) is 13.7. The molecule has 2 aromatic carbocycles. The minimum absolute atomic E-state index is 0.105. The molecule has 1 amide bonds. The number of nitrogens with zero attached hydrogens (tertiary/aromatic N) is 3. The highest BCUT2D eigenvalue weighted by atomic mass is 16.3. The molecule has 0 fully saturated rings. The molecule has 1 heterocycles. The first-order chi connectivity index (χ1) is 12.2. The molecule has 25 heavy (non-hydrogen) atoms. The third kappa shape index (κ3) is 4.74. The number of benzene rings is 2. The smallest absolute Gasteiger partial charge is 0.290 e. The Bertz CT molecular complexity index is 803. The third-order valence-electron chi connectivity index (χ3n) is 3.83. The monoisotopic (exact) mass is 336 g/mol. The van der Waals surface area contributed by atoms with Crippen molar-refractivity contribution in [2.45, 2.75) is 19.1 Å². The van der Waals surface area contributed by atoms with Gasteiger partial charge in [0.25, 0.3) is 5.91 Å². The molecular weight excluding hydrogens is 316 g/mol. The number of aliphatic hydroxyl groups is 1. The summed E-state index contributed by atoms with van der Waals surface area (Å²) in [5.41, 5.74) is 1.96. The van der Waals surface area contributed by atoms with Crippen LogP contribution < -0.4 is 5.32 Å². The largest absolute Gasteiger partial charge is 0.386 e. The summed E-state index contributed by atoms with van der Waals surface area (Å²) in [6.07, 6.45) is 1.51. The van der Waals surface area contributed by atoms with E-state index in [4.69, 9.17) is 0 Å². The summed E-state index contributed by atoms with van der Waals surface area (Å²) in [5, 5.41) is 17.1. The van der Waals surface area contributed by atoms with Crippen LogP contribution in [0.25, 0.3) is 0 Å². The van der Waals surface area contributed by atoms with E-state index in [1.165, 1.54) is 11.0 Å². The van der Waals surface area contributed by atoms with Crippen LogP contribution in [-0.4, -0.2) is 32.3 Å². The topological polar surface area (TPSA) is 80.0 Å². The van der Waals surface area contributed by atoms with Gasteiger partial charge in [-0.1, -0.05) is 60.7 Å². The summed E-state index contributed by atoms with van der Waals surface area (Å²) in [7, 11) is 0. The summed E-state index contributed by atoms with van der Waals surface area (Å²) in [5.74, 6) is -0.211. The Hall–Kier alpha value is -2.99. The van der Waals surface area contributed by atoms with Crippen LogP contribution in [0.15, 0.2) is 67.0 Å². The van der Waals surface area contributed by atoms with E-state index < -0.39 is 6.10 Å². The van der Waals surface area contributed by atoms with E-state index in [0.717, 1.165) is 17.5 Å². The molecule has 6 nitrogen and oxygen atoms in total. The molecule has 1 atom stereocenters. The molecule has 0 bridgehead atoms. The highest BCUT2D eigenvalue weighted by Crippen LogP contribution is 2.13. The summed E-state index contributed by atoms with van der Waals surface area (Å²) in [6.45, 7) is 0.762. The Labute approximate surface area is 146 Å². The van der Waals surface area contributed by atoms with Crippen molar-refractivity contribution in [3.8, 4) is 0 Å². The van der Waals surface area contributed by atoms with Crippen molar-refractivity contribution in [2.75, 3.05) is 6.54 Å². The number of carbonyl (C=O) groups is 1. The van der Waals surface area contributed by atoms with Gasteiger partial charge in [-0.2, -0.15) is 0 Å². The van der Waals surface area contributed by atoms with Gasteiger partial charge in [0.1, 0.15) is 6.33 Å². The Morgan fingerprint density at radius 1 is 1.08 bits per heavy atom. The normalized spacial score (nSPS) is 11.9. The van der Waals surface area contributed by atoms with E-state index in [1.54, 1.807) is 0 Å². The highest BCUT2D eigenvalue weighted by molar-refractivity contribution is 5.90. The molecule has 128 valence electrons. The Kier molecular flexibility index (Phi) is 5.53. The highest BCUT2D eigenvalue weighted by Gasteiger charge is 2.13. The van der Waals surface area contributed by atoms with E-state index >= 15 is 0 Å². The average molecular weight is 336 g/mol. The quantitative estimate of drug-likeness (QED) is 0.691. The average Bonchev–Trinajstić information content (AvgIpc) is 3.12. The fourth-order valence-electron chi connectivity index (χ4n) is 2.49. The number of carbonyl (C=O) groups excluding carboxylic acids is 1. The third-order valence-corrected chi connectivity index (χ3v) is 3.83. The Balaban J connectivity index is 1.51. The molecule has 0 saturated carbocycles. The first-order valence-corrected chi connectivity index (χ1v) is 8.17. The second-order valence-corrected chi connectivity index (χ2v) is 5.71. The van der Waals surface area contributed by atoms with Crippen molar-refractivity contribution < 1.29 is 9.90 Å². The molecule has 0 aliphatic carbocycles. The van der Waals surface area contributed by atoms with Gasteiger partial charge in [-0.3, -0.25) is 4.79 Å². The van der Waals surface area contributed by atoms with E-state index in [2.05, 4.69) is 15.4 Å². The number of rotatable bonds is 7. The summed E-state index contributed by atoms with van der Waals surface area (Å²) in [6, 6.07) is 19.3. The van der Waals surface area contributed by atoms with Crippen LogP contribution in [0.3, 0.4) is 0 Å². The second kappa shape index (κ2) is 8.21. The van der Waals surface area contributed by atoms with Gasteiger partial charge in [0.05, 0.1) is 12.6 Å². The van der Waals surface area contributed by atoms with Crippen LogP contribution in [0.4, 0.5) is 0 Å². The predicted molar refractivity (Wildman–Crippen MR) is 93.9 cm³/mol. The van der Waals surface area contributed by atoms with Crippen LogP contribution in [0.2, 0.25) is 0 Å². The second-order valence-electron chi connectivity index (χ2n) is 5.71. The molecule has 2 N–H and O–H groups in total. The molecule has 0 radical (unpaired) electrons. The van der Waals surface area contributed by atoms with Gasteiger partial charge in [-0.25, -0.2) is 9.67 Å². The zero-order valence-corrected chi connectivity index (χ0v) is 13.7. The maximum absolute atomic E-state index is 12.1. The van der Waals surface area contributed by atoms with Crippen molar-refractivity contribution in [1.29, 1.82) is 0 Å². The molecule has 3 aromatic rings. The number of nitrogens with one attached hydrogen (secondary N) is 1. The molecule has 0 unspecified atom stereocenters. The number of hydrogen-bond acceptors (Lipinski definition) is 4. The number of aromatic nitrogens is 3. The van der Waals surface area contributed by atoms with Crippen molar-refractivity contribution in [3.63, 3.8) is 0 Å². The van der Waals surface area contributed by atoms with Crippen LogP contribution in [0.1, 0.15) is 27.8 Å². The minimum Gasteiger partial charge on any atom is -0.386 e. The maximum atomic E-state index is 12.1. The summed E-state index contributed by atoms with van der Waals surface area (Å²) < 4.78 is 1.48. The van der Waals surface area contributed by atoms with Crippen LogP contribution in [0.5, 0.6) is 0 Å². The first kappa shape index (κ1) is 16.9. The van der Waals surface area contributed by atoms with Crippen molar-refractivity contribution in [3.05, 3.63) is 83.9 Å². The van der Waals surface area contributed by atoms with Gasteiger partial charge < -0.3 is 10.4 Å². The lowest BCUT2D eigenvalue weighted by atomic mass is 10.1. The van der Waals surface area contributed by atoms with Crippen LogP contribution >= 0.6 is 0 Å². The van der Waals surface area contributed by atoms with E-state index in [0.29, 0.717) is 6.54 Å². The summed E-state index contributed by atoms with van der Waals surface area (Å²) >= 11 is 0. The molecule has 6 heteroatoms. The van der Waals surface area contributed by atoms with Gasteiger partial charge in [-0.15, -0.1) is 5.10 Å². The maximum Gasteiger partial charge on any atom is 0.290 e. The standard InChI is InChI=1S/C19H20N4O2/c24-17(16-9-5-2-6-10-16)13-23-14-21-18(22-23)19(25)20-12-11-15-7-3-1-4-8-15/h1-10,14,17,24H,11-13H2,(H,20,25)/t17-/m0/s1. The van der Waals surface area contributed by atoms with Crippen molar-refractivity contribution in [2.24, 2.45) is 0 Å². The van der Waals surface area contributed by atoms with Gasteiger partial charge >= 0.3 is 0 Å². The lowest BCUT2D eigenvalue weighted by Crippen LogP contribution is -2.27. The molecule has 0 saturated heterocycles. The van der Waals surface area contributed by atoms with E-state index in [-0.39, 0.29) is 18.3 Å². The molecule has 0 spiro atoms. The molecule has 1 aromatic heterocycles. The van der Waals surface area contributed by atoms with Crippen LogP contribution in [-0.2, 0) is 13.0 Å².